The van der Waals surface area contributed by atoms with Crippen molar-refractivity contribution in [1.82, 2.24) is 14.8 Å². The van der Waals surface area contributed by atoms with E-state index in [9.17, 15) is 4.79 Å². The summed E-state index contributed by atoms with van der Waals surface area (Å²) in [6.45, 7) is 7.39. The fourth-order valence-corrected chi connectivity index (χ4v) is 2.05. The Morgan fingerprint density at radius 1 is 1.21 bits per heavy atom. The van der Waals surface area contributed by atoms with Crippen LogP contribution in [0.3, 0.4) is 0 Å². The highest BCUT2D eigenvalue weighted by molar-refractivity contribution is 5.74. The SMILES string of the molecule is CC(=O)N1CC(N2CCN(N)CC2)C1. The van der Waals surface area contributed by atoms with Crippen LogP contribution in [0, 0.1) is 0 Å². The quantitative estimate of drug-likeness (QED) is 0.533. The fourth-order valence-electron chi connectivity index (χ4n) is 2.05. The van der Waals surface area contributed by atoms with E-state index < -0.39 is 0 Å². The van der Waals surface area contributed by atoms with E-state index in [0.29, 0.717) is 6.04 Å². The van der Waals surface area contributed by atoms with Gasteiger partial charge >= 0.3 is 0 Å². The molecule has 2 saturated heterocycles. The van der Waals surface area contributed by atoms with Crippen molar-refractivity contribution in [2.45, 2.75) is 13.0 Å². The Bertz CT molecular complexity index is 219. The van der Waals surface area contributed by atoms with Gasteiger partial charge in [-0.25, -0.2) is 5.01 Å². The van der Waals surface area contributed by atoms with Gasteiger partial charge in [-0.15, -0.1) is 0 Å². The van der Waals surface area contributed by atoms with Crippen LogP contribution < -0.4 is 5.84 Å². The van der Waals surface area contributed by atoms with Crippen molar-refractivity contribution in [3.05, 3.63) is 0 Å². The van der Waals surface area contributed by atoms with Gasteiger partial charge in [0.2, 0.25) is 5.91 Å². The van der Waals surface area contributed by atoms with Crippen LogP contribution in [0.2, 0.25) is 0 Å². The number of likely N-dealkylation sites (tertiary alicyclic amines) is 1. The summed E-state index contributed by atoms with van der Waals surface area (Å²) in [6, 6.07) is 0.576. The predicted octanol–water partition coefficient (Wildman–Crippen LogP) is -1.29. The van der Waals surface area contributed by atoms with Crippen LogP contribution in [-0.2, 0) is 4.79 Å². The number of rotatable bonds is 1. The second-order valence-electron chi connectivity index (χ2n) is 4.15. The highest BCUT2D eigenvalue weighted by Gasteiger charge is 2.34. The van der Waals surface area contributed by atoms with Crippen molar-refractivity contribution >= 4 is 5.91 Å². The highest BCUT2D eigenvalue weighted by Crippen LogP contribution is 2.15. The molecule has 2 aliphatic rings. The highest BCUT2D eigenvalue weighted by atomic mass is 16.2. The van der Waals surface area contributed by atoms with Crippen molar-refractivity contribution in [3.8, 4) is 0 Å². The Balaban J connectivity index is 1.74. The van der Waals surface area contributed by atoms with Gasteiger partial charge in [-0.3, -0.25) is 15.5 Å². The maximum absolute atomic E-state index is 11.0. The monoisotopic (exact) mass is 198 g/mol. The Morgan fingerprint density at radius 3 is 2.29 bits per heavy atom. The third-order valence-corrected chi connectivity index (χ3v) is 3.17. The number of hydrazine groups is 1. The molecule has 0 aromatic heterocycles. The molecule has 2 N–H and O–H groups in total. The van der Waals surface area contributed by atoms with Crippen molar-refractivity contribution < 1.29 is 4.79 Å². The van der Waals surface area contributed by atoms with E-state index in [4.69, 9.17) is 5.84 Å². The first-order valence-electron chi connectivity index (χ1n) is 5.16. The van der Waals surface area contributed by atoms with Crippen molar-refractivity contribution in [1.29, 1.82) is 0 Å². The van der Waals surface area contributed by atoms with Gasteiger partial charge in [0.25, 0.3) is 0 Å². The zero-order valence-corrected chi connectivity index (χ0v) is 8.65. The molecule has 0 spiro atoms. The van der Waals surface area contributed by atoms with Crippen LogP contribution in [0.15, 0.2) is 0 Å². The molecule has 0 saturated carbocycles. The number of nitrogens with two attached hydrogens (primary N) is 1. The maximum atomic E-state index is 11.0. The third-order valence-electron chi connectivity index (χ3n) is 3.17. The number of hydrogen-bond acceptors (Lipinski definition) is 4. The summed E-state index contributed by atoms with van der Waals surface area (Å²) in [7, 11) is 0. The summed E-state index contributed by atoms with van der Waals surface area (Å²) in [4.78, 5) is 15.3. The molecule has 1 amide bonds. The molecule has 2 rings (SSSR count). The first-order valence-corrected chi connectivity index (χ1v) is 5.16. The number of hydrogen-bond donors (Lipinski definition) is 1. The lowest BCUT2D eigenvalue weighted by atomic mass is 10.1. The van der Waals surface area contributed by atoms with Crippen LogP contribution in [0.4, 0.5) is 0 Å². The average Bonchev–Trinajstić information content (AvgIpc) is 2.05. The molecule has 2 fully saturated rings. The van der Waals surface area contributed by atoms with Gasteiger partial charge in [0.05, 0.1) is 0 Å². The van der Waals surface area contributed by atoms with E-state index in [1.54, 1.807) is 6.92 Å². The summed E-state index contributed by atoms with van der Waals surface area (Å²) in [5, 5.41) is 1.86. The summed E-state index contributed by atoms with van der Waals surface area (Å²) in [6.07, 6.45) is 0. The second-order valence-corrected chi connectivity index (χ2v) is 4.15. The van der Waals surface area contributed by atoms with Crippen LogP contribution in [0.5, 0.6) is 0 Å². The molecule has 0 aromatic rings. The average molecular weight is 198 g/mol. The van der Waals surface area contributed by atoms with Gasteiger partial charge in [-0.1, -0.05) is 0 Å². The number of carbonyl (C=O) groups is 1. The minimum Gasteiger partial charge on any atom is -0.340 e. The topological polar surface area (TPSA) is 52.8 Å². The zero-order chi connectivity index (χ0) is 10.1. The van der Waals surface area contributed by atoms with E-state index in [2.05, 4.69) is 4.90 Å². The van der Waals surface area contributed by atoms with Gasteiger partial charge < -0.3 is 4.90 Å². The molecular formula is C9H18N4O. The van der Waals surface area contributed by atoms with Gasteiger partial charge in [0.15, 0.2) is 0 Å². The van der Waals surface area contributed by atoms with Gasteiger partial charge in [0.1, 0.15) is 0 Å². The molecule has 14 heavy (non-hydrogen) atoms. The lowest BCUT2D eigenvalue weighted by molar-refractivity contribution is -0.136. The molecule has 0 aliphatic carbocycles. The smallest absolute Gasteiger partial charge is 0.219 e. The minimum atomic E-state index is 0.193. The van der Waals surface area contributed by atoms with Gasteiger partial charge in [-0.2, -0.15) is 0 Å². The molecule has 0 atom stereocenters. The first kappa shape index (κ1) is 9.89. The largest absolute Gasteiger partial charge is 0.340 e. The number of carbonyl (C=O) groups excluding carboxylic acids is 1. The molecule has 80 valence electrons. The molecule has 5 heteroatoms. The Labute approximate surface area is 84.4 Å². The van der Waals surface area contributed by atoms with E-state index >= 15 is 0 Å². The Hall–Kier alpha value is -0.650. The van der Waals surface area contributed by atoms with Crippen LogP contribution in [0.25, 0.3) is 0 Å². The number of nitrogens with zero attached hydrogens (tertiary/aromatic N) is 3. The predicted molar refractivity (Wildman–Crippen MR) is 53.4 cm³/mol. The summed E-state index contributed by atoms with van der Waals surface area (Å²) in [5.74, 6) is 5.87. The second kappa shape index (κ2) is 3.84. The summed E-state index contributed by atoms with van der Waals surface area (Å²) < 4.78 is 0. The molecule has 5 nitrogen and oxygen atoms in total. The van der Waals surface area contributed by atoms with Gasteiger partial charge in [-0.05, 0) is 0 Å². The van der Waals surface area contributed by atoms with Crippen molar-refractivity contribution in [3.63, 3.8) is 0 Å². The van der Waals surface area contributed by atoms with E-state index in [0.717, 1.165) is 39.3 Å². The third kappa shape index (κ3) is 1.89. The lowest BCUT2D eigenvalue weighted by Crippen LogP contribution is -2.64. The molecule has 2 heterocycles. The maximum Gasteiger partial charge on any atom is 0.219 e. The van der Waals surface area contributed by atoms with Crippen LogP contribution in [-0.4, -0.2) is 66.0 Å². The van der Waals surface area contributed by atoms with Gasteiger partial charge in [0, 0.05) is 52.2 Å². The lowest BCUT2D eigenvalue weighted by Gasteiger charge is -2.47. The summed E-state index contributed by atoms with van der Waals surface area (Å²) in [5.41, 5.74) is 0. The minimum absolute atomic E-state index is 0.193. The zero-order valence-electron chi connectivity index (χ0n) is 8.65. The fraction of sp³-hybridized carbons (Fsp3) is 0.889. The first-order chi connectivity index (χ1) is 6.66. The molecule has 2 aliphatic heterocycles. The van der Waals surface area contributed by atoms with E-state index in [-0.39, 0.29) is 5.91 Å². The van der Waals surface area contributed by atoms with E-state index in [1.807, 2.05) is 9.91 Å². The molecule has 0 unspecified atom stereocenters. The number of amides is 1. The van der Waals surface area contributed by atoms with Crippen molar-refractivity contribution in [2.24, 2.45) is 5.84 Å². The number of piperazine rings is 1. The standard InChI is InChI=1S/C9H18N4O/c1-8(14)12-6-9(7-12)11-2-4-13(10)5-3-11/h9H,2-7,10H2,1H3. The normalized spacial score (nSPS) is 26.3. The Morgan fingerprint density at radius 2 is 1.79 bits per heavy atom. The Kier molecular flexibility index (Phi) is 2.71. The van der Waals surface area contributed by atoms with E-state index in [1.165, 1.54) is 0 Å². The van der Waals surface area contributed by atoms with Crippen molar-refractivity contribution in [2.75, 3.05) is 39.3 Å². The molecule has 0 radical (unpaired) electrons. The summed E-state index contributed by atoms with van der Waals surface area (Å²) >= 11 is 0. The van der Waals surface area contributed by atoms with Crippen LogP contribution >= 0.6 is 0 Å². The van der Waals surface area contributed by atoms with Crippen LogP contribution in [0.1, 0.15) is 6.92 Å². The molecule has 0 bridgehead atoms. The molecule has 0 aromatic carbocycles. The molecular weight excluding hydrogens is 180 g/mol.